The molecule has 5 nitrogen and oxygen atoms in total. The van der Waals surface area contributed by atoms with Gasteiger partial charge in [0.1, 0.15) is 10.7 Å². The van der Waals surface area contributed by atoms with Crippen LogP contribution in [-0.4, -0.2) is 24.2 Å². The van der Waals surface area contributed by atoms with Crippen molar-refractivity contribution in [3.8, 4) is 0 Å². The van der Waals surface area contributed by atoms with Gasteiger partial charge in [0.25, 0.3) is 11.8 Å². The lowest BCUT2D eigenvalue weighted by atomic mass is 10.1. The standard InChI is InChI=1S/C22H24N2O3S/c1-14-5-4-6-17(11-14)13-23-21(25)18-8-7-15(2)19(12-18)24-22(26)20-16(3)27-9-10-28-20/h4-8,11-12H,9-10,13H2,1-3H3,(H,23,25)(H,24,26). The summed E-state index contributed by atoms with van der Waals surface area (Å²) >= 11 is 1.49. The molecule has 0 saturated heterocycles. The number of benzene rings is 2. The van der Waals surface area contributed by atoms with Crippen LogP contribution in [0.5, 0.6) is 0 Å². The van der Waals surface area contributed by atoms with Crippen LogP contribution in [0.1, 0.15) is 34.0 Å². The zero-order valence-electron chi connectivity index (χ0n) is 16.3. The Kier molecular flexibility index (Phi) is 6.41. The predicted molar refractivity (Wildman–Crippen MR) is 113 cm³/mol. The largest absolute Gasteiger partial charge is 0.496 e. The Morgan fingerprint density at radius 1 is 1.07 bits per heavy atom. The van der Waals surface area contributed by atoms with E-state index in [1.165, 1.54) is 11.8 Å². The Morgan fingerprint density at radius 3 is 2.64 bits per heavy atom. The molecule has 0 aromatic heterocycles. The average Bonchev–Trinajstić information content (AvgIpc) is 2.68. The molecule has 6 heteroatoms. The summed E-state index contributed by atoms with van der Waals surface area (Å²) in [6, 6.07) is 13.3. The molecule has 0 unspecified atom stereocenters. The molecule has 28 heavy (non-hydrogen) atoms. The van der Waals surface area contributed by atoms with Gasteiger partial charge in [-0.1, -0.05) is 35.9 Å². The molecule has 2 N–H and O–H groups in total. The van der Waals surface area contributed by atoms with Gasteiger partial charge < -0.3 is 15.4 Å². The number of hydrogen-bond acceptors (Lipinski definition) is 4. The second-order valence-corrected chi connectivity index (χ2v) is 7.84. The first-order chi connectivity index (χ1) is 13.4. The van der Waals surface area contributed by atoms with E-state index in [0.29, 0.717) is 35.1 Å². The molecule has 3 rings (SSSR count). The van der Waals surface area contributed by atoms with Gasteiger partial charge in [-0.15, -0.1) is 11.8 Å². The summed E-state index contributed by atoms with van der Waals surface area (Å²) in [4.78, 5) is 25.7. The number of anilines is 1. The van der Waals surface area contributed by atoms with Crippen molar-refractivity contribution in [3.05, 3.63) is 75.4 Å². The number of thioether (sulfide) groups is 1. The van der Waals surface area contributed by atoms with Gasteiger partial charge in [-0.2, -0.15) is 0 Å². The highest BCUT2D eigenvalue weighted by Crippen LogP contribution is 2.27. The van der Waals surface area contributed by atoms with Crippen LogP contribution < -0.4 is 10.6 Å². The molecule has 0 bridgehead atoms. The normalized spacial score (nSPS) is 13.7. The van der Waals surface area contributed by atoms with Crippen molar-refractivity contribution in [2.24, 2.45) is 0 Å². The summed E-state index contributed by atoms with van der Waals surface area (Å²) in [5.74, 6) is 1.00. The molecule has 1 heterocycles. The molecule has 0 fully saturated rings. The first kappa shape index (κ1) is 20.0. The average molecular weight is 397 g/mol. The van der Waals surface area contributed by atoms with Gasteiger partial charge in [0, 0.05) is 23.5 Å². The number of ether oxygens (including phenoxy) is 1. The lowest BCUT2D eigenvalue weighted by molar-refractivity contribution is -0.112. The van der Waals surface area contributed by atoms with Crippen molar-refractivity contribution in [1.29, 1.82) is 0 Å². The minimum atomic E-state index is -0.206. The second-order valence-electron chi connectivity index (χ2n) is 6.74. The molecule has 0 atom stereocenters. The highest BCUT2D eigenvalue weighted by atomic mass is 32.2. The van der Waals surface area contributed by atoms with Crippen LogP contribution >= 0.6 is 11.8 Å². The van der Waals surface area contributed by atoms with Gasteiger partial charge in [0.2, 0.25) is 0 Å². The Bertz CT molecular complexity index is 937. The first-order valence-electron chi connectivity index (χ1n) is 9.16. The van der Waals surface area contributed by atoms with E-state index in [-0.39, 0.29) is 11.8 Å². The molecule has 0 aliphatic carbocycles. The zero-order chi connectivity index (χ0) is 20.1. The third-order valence-electron chi connectivity index (χ3n) is 4.46. The van der Waals surface area contributed by atoms with E-state index in [4.69, 9.17) is 4.74 Å². The number of aryl methyl sites for hydroxylation is 2. The number of carbonyl (C=O) groups excluding carboxylic acids is 2. The molecule has 146 valence electrons. The van der Waals surface area contributed by atoms with E-state index < -0.39 is 0 Å². The molecule has 1 aliphatic heterocycles. The maximum Gasteiger partial charge on any atom is 0.265 e. The van der Waals surface area contributed by atoms with Crippen LogP contribution in [0.4, 0.5) is 5.69 Å². The minimum absolute atomic E-state index is 0.178. The number of carbonyl (C=O) groups is 2. The highest BCUT2D eigenvalue weighted by molar-refractivity contribution is 8.04. The Hall–Kier alpha value is -2.73. The Labute approximate surface area is 169 Å². The second kappa shape index (κ2) is 8.97. The van der Waals surface area contributed by atoms with Gasteiger partial charge in [0.15, 0.2) is 0 Å². The quantitative estimate of drug-likeness (QED) is 0.796. The fourth-order valence-corrected chi connectivity index (χ4v) is 3.73. The van der Waals surface area contributed by atoms with E-state index in [0.717, 1.165) is 22.4 Å². The van der Waals surface area contributed by atoms with Crippen LogP contribution in [0.3, 0.4) is 0 Å². The third kappa shape index (κ3) is 4.95. The van der Waals surface area contributed by atoms with Gasteiger partial charge in [0.05, 0.1) is 6.61 Å². The highest BCUT2D eigenvalue weighted by Gasteiger charge is 2.20. The van der Waals surface area contributed by atoms with Crippen LogP contribution in [-0.2, 0) is 16.1 Å². The van der Waals surface area contributed by atoms with Gasteiger partial charge >= 0.3 is 0 Å². The molecular formula is C22H24N2O3S. The summed E-state index contributed by atoms with van der Waals surface area (Å²) in [7, 11) is 0. The summed E-state index contributed by atoms with van der Waals surface area (Å²) in [5.41, 5.74) is 4.22. The van der Waals surface area contributed by atoms with Gasteiger partial charge in [-0.3, -0.25) is 9.59 Å². The maximum atomic E-state index is 12.6. The monoisotopic (exact) mass is 396 g/mol. The van der Waals surface area contributed by atoms with E-state index in [2.05, 4.69) is 10.6 Å². The lowest BCUT2D eigenvalue weighted by Gasteiger charge is -2.18. The number of hydrogen-bond donors (Lipinski definition) is 2. The van der Waals surface area contributed by atoms with E-state index >= 15 is 0 Å². The number of allylic oxidation sites excluding steroid dienone is 1. The summed E-state index contributed by atoms with van der Waals surface area (Å²) < 4.78 is 5.46. The van der Waals surface area contributed by atoms with E-state index in [9.17, 15) is 9.59 Å². The number of amides is 2. The van der Waals surface area contributed by atoms with Crippen molar-refractivity contribution in [3.63, 3.8) is 0 Å². The van der Waals surface area contributed by atoms with Crippen molar-refractivity contribution in [2.75, 3.05) is 17.7 Å². The molecular weight excluding hydrogens is 372 g/mol. The summed E-state index contributed by atoms with van der Waals surface area (Å²) in [6.45, 7) is 6.78. The molecule has 0 radical (unpaired) electrons. The van der Waals surface area contributed by atoms with Crippen molar-refractivity contribution in [1.82, 2.24) is 5.32 Å². The van der Waals surface area contributed by atoms with Crippen LogP contribution in [0, 0.1) is 13.8 Å². The third-order valence-corrected chi connectivity index (χ3v) is 5.59. The summed E-state index contributed by atoms with van der Waals surface area (Å²) in [5, 5.41) is 5.84. The summed E-state index contributed by atoms with van der Waals surface area (Å²) in [6.07, 6.45) is 0. The van der Waals surface area contributed by atoms with E-state index in [1.54, 1.807) is 19.1 Å². The van der Waals surface area contributed by atoms with Crippen LogP contribution in [0.25, 0.3) is 0 Å². The molecule has 0 saturated carbocycles. The molecule has 0 spiro atoms. The Morgan fingerprint density at radius 2 is 1.89 bits per heavy atom. The topological polar surface area (TPSA) is 67.4 Å². The van der Waals surface area contributed by atoms with Crippen LogP contribution in [0.2, 0.25) is 0 Å². The SMILES string of the molecule is CC1=C(C(=O)Nc2cc(C(=O)NCc3cccc(C)c3)ccc2C)SCCO1. The predicted octanol–water partition coefficient (Wildman–Crippen LogP) is 4.17. The van der Waals surface area contributed by atoms with Crippen molar-refractivity contribution < 1.29 is 14.3 Å². The molecule has 2 aromatic rings. The molecule has 2 aromatic carbocycles. The smallest absolute Gasteiger partial charge is 0.265 e. The first-order valence-corrected chi connectivity index (χ1v) is 10.1. The minimum Gasteiger partial charge on any atom is -0.496 e. The molecule has 1 aliphatic rings. The fraction of sp³-hybridized carbons (Fsp3) is 0.273. The number of rotatable bonds is 5. The van der Waals surface area contributed by atoms with Gasteiger partial charge in [-0.25, -0.2) is 0 Å². The Balaban J connectivity index is 1.70. The number of nitrogens with one attached hydrogen (secondary N) is 2. The zero-order valence-corrected chi connectivity index (χ0v) is 17.1. The molecule has 2 amide bonds. The van der Waals surface area contributed by atoms with Gasteiger partial charge in [-0.05, 0) is 44.0 Å². The maximum absolute atomic E-state index is 12.6. The van der Waals surface area contributed by atoms with Crippen molar-refractivity contribution in [2.45, 2.75) is 27.3 Å². The van der Waals surface area contributed by atoms with E-state index in [1.807, 2.05) is 44.2 Å². The fourth-order valence-electron chi connectivity index (χ4n) is 2.91. The van der Waals surface area contributed by atoms with Crippen LogP contribution in [0.15, 0.2) is 53.1 Å². The van der Waals surface area contributed by atoms with Crippen molar-refractivity contribution >= 4 is 29.3 Å². The lowest BCUT2D eigenvalue weighted by Crippen LogP contribution is -2.23.